The van der Waals surface area contributed by atoms with Crippen LogP contribution in [0.3, 0.4) is 0 Å². The first-order chi connectivity index (χ1) is 30.3. The molecule has 20 nitrogen and oxygen atoms in total. The minimum atomic E-state index is -1.40. The van der Waals surface area contributed by atoms with E-state index in [2.05, 4.69) is 31.9 Å². The first-order valence-electron chi connectivity index (χ1n) is 22.7. The summed E-state index contributed by atoms with van der Waals surface area (Å²) >= 11 is 0. The Hall–Kier alpha value is -3.31. The summed E-state index contributed by atoms with van der Waals surface area (Å²) in [5, 5.41) is 35.8. The van der Waals surface area contributed by atoms with E-state index >= 15 is 0 Å². The van der Waals surface area contributed by atoms with Crippen molar-refractivity contribution in [2.45, 2.75) is 134 Å². The first-order valence-corrected chi connectivity index (χ1v) is 22.7. The van der Waals surface area contributed by atoms with E-state index in [4.69, 9.17) is 22.9 Å². The second kappa shape index (κ2) is 47.7. The van der Waals surface area contributed by atoms with Crippen LogP contribution in [0.5, 0.6) is 0 Å². The lowest BCUT2D eigenvalue weighted by molar-refractivity contribution is -0.137. The highest BCUT2D eigenvalue weighted by molar-refractivity contribution is 5.91. The third-order valence-corrected chi connectivity index (χ3v) is 9.93. The van der Waals surface area contributed by atoms with Crippen LogP contribution >= 0.6 is 49.6 Å². The lowest BCUT2D eigenvalue weighted by atomic mass is 10.1. The summed E-state index contributed by atoms with van der Waals surface area (Å²) in [5.41, 5.74) is 23.0. The van der Waals surface area contributed by atoms with Gasteiger partial charge in [-0.25, -0.2) is 0 Å². The van der Waals surface area contributed by atoms with Crippen molar-refractivity contribution in [1.29, 1.82) is 0 Å². The molecule has 0 aliphatic heterocycles. The Morgan fingerprint density at radius 2 is 0.940 bits per heavy atom. The molecule has 0 aromatic heterocycles. The molecule has 0 aromatic rings. The van der Waals surface area contributed by atoms with Crippen LogP contribution in [0, 0.1) is 5.92 Å². The molecule has 0 aromatic carbocycles. The lowest BCUT2D eigenvalue weighted by Gasteiger charge is -2.29. The van der Waals surface area contributed by atoms with Crippen molar-refractivity contribution in [2.24, 2.45) is 28.9 Å². The number of hydrogen-bond donors (Lipinski definition) is 12. The van der Waals surface area contributed by atoms with Gasteiger partial charge in [0.2, 0.25) is 41.4 Å². The van der Waals surface area contributed by atoms with Crippen molar-refractivity contribution in [3.63, 3.8) is 0 Å². The molecule has 0 aliphatic carbocycles. The Kier molecular flexibility index (Phi) is 51.8. The molecule has 16 N–H and O–H groups in total. The summed E-state index contributed by atoms with van der Waals surface area (Å²) in [6.07, 6.45) is 16.0. The van der Waals surface area contributed by atoms with Crippen molar-refractivity contribution in [3.8, 4) is 0 Å². The van der Waals surface area contributed by atoms with E-state index in [9.17, 15) is 43.8 Å². The number of allylic oxidation sites excluding steroid dienone is 4. The molecule has 0 saturated heterocycles. The Labute approximate surface area is 422 Å². The number of halogens is 4. The van der Waals surface area contributed by atoms with Crippen LogP contribution in [0.15, 0.2) is 24.3 Å². The fourth-order valence-electron chi connectivity index (χ4n) is 6.08. The number of nitrogens with two attached hydrogens (primary N) is 4. The molecule has 0 unspecified atom stereocenters. The Morgan fingerprint density at radius 1 is 0.537 bits per heavy atom. The average Bonchev–Trinajstić information content (AvgIpc) is 3.27. The van der Waals surface area contributed by atoms with Gasteiger partial charge < -0.3 is 69.9 Å². The summed E-state index contributed by atoms with van der Waals surface area (Å²) < 4.78 is 0. The number of nitrogens with one attached hydrogen (secondary N) is 6. The Bertz CT molecular complexity index is 1350. The normalized spacial score (nSPS) is 12.5. The lowest BCUT2D eigenvalue weighted by Crippen LogP contribution is -2.56. The van der Waals surface area contributed by atoms with Crippen molar-refractivity contribution in [3.05, 3.63) is 24.3 Å². The van der Waals surface area contributed by atoms with Crippen LogP contribution in [0.4, 0.5) is 0 Å². The average molecular weight is 1040 g/mol. The molecular formula is C43H85Cl4N11O9. The standard InChI is InChI=1S/C43H81N11O9.4ClH/c1-3-5-7-9-20-37(57)48-24-15-16-26-54(27-17-25-49-38(58)21-10-8-6-4-2)43(63)32(28-50-41(61)35(30-55)52-39(59)33(46)18-11-13-22-44)29-51-42(62)36(31-56)53-40(60)34(47)19-12-14-23-45;;;;/h5-8,32-36,55-56H,3-4,9-31,44-47H2,1-2H3,(H,48,57)(H,49,58)(H,50,61)(H,51,62)(H,52,59)(H,53,60);4*1H/b7-5-,8-6-;;;;/t33-,34-,35-,36-;;;;/m0..../s1. The zero-order valence-electron chi connectivity index (χ0n) is 39.5. The van der Waals surface area contributed by atoms with E-state index in [-0.39, 0.29) is 94.2 Å². The smallest absolute Gasteiger partial charge is 0.245 e. The number of aliphatic hydroxyl groups is 2. The van der Waals surface area contributed by atoms with Gasteiger partial charge in [0.05, 0.1) is 31.2 Å². The van der Waals surface area contributed by atoms with E-state index in [1.54, 1.807) is 4.90 Å². The molecule has 0 saturated carbocycles. The van der Waals surface area contributed by atoms with Gasteiger partial charge in [-0.15, -0.1) is 49.6 Å². The molecule has 24 heteroatoms. The van der Waals surface area contributed by atoms with Gasteiger partial charge in [-0.1, -0.05) is 51.0 Å². The largest absolute Gasteiger partial charge is 0.394 e. The molecule has 0 spiro atoms. The Balaban J connectivity index is -0.00000320. The van der Waals surface area contributed by atoms with Crippen LogP contribution in [0.25, 0.3) is 0 Å². The maximum atomic E-state index is 14.4. The number of nitrogens with zero attached hydrogens (tertiary/aromatic N) is 1. The molecule has 67 heavy (non-hydrogen) atoms. The summed E-state index contributed by atoms with van der Waals surface area (Å²) in [7, 11) is 0. The molecule has 0 rings (SSSR count). The summed E-state index contributed by atoms with van der Waals surface area (Å²) in [6, 6.07) is -4.70. The maximum absolute atomic E-state index is 14.4. The predicted molar refractivity (Wildman–Crippen MR) is 272 cm³/mol. The first kappa shape index (κ1) is 72.7. The van der Waals surface area contributed by atoms with Crippen LogP contribution in [0.2, 0.25) is 0 Å². The summed E-state index contributed by atoms with van der Waals surface area (Å²) in [5.74, 6) is -4.74. The molecular weight excluding hydrogens is 956 g/mol. The number of aliphatic hydroxyl groups excluding tert-OH is 2. The predicted octanol–water partition coefficient (Wildman–Crippen LogP) is 0.113. The van der Waals surface area contributed by atoms with Crippen molar-refractivity contribution >= 4 is 91.0 Å². The number of amides is 7. The number of carbonyl (C=O) groups excluding carboxylic acids is 7. The number of unbranched alkanes of at least 4 members (excludes halogenated alkanes) is 3. The van der Waals surface area contributed by atoms with Gasteiger partial charge in [0.1, 0.15) is 12.1 Å². The van der Waals surface area contributed by atoms with E-state index in [1.165, 1.54) is 0 Å². The Morgan fingerprint density at radius 3 is 1.33 bits per heavy atom. The highest BCUT2D eigenvalue weighted by atomic mass is 35.5. The minimum absolute atomic E-state index is 0. The minimum Gasteiger partial charge on any atom is -0.394 e. The highest BCUT2D eigenvalue weighted by Gasteiger charge is 2.30. The summed E-state index contributed by atoms with van der Waals surface area (Å²) in [6.45, 7) is 3.71. The van der Waals surface area contributed by atoms with Crippen molar-refractivity contribution in [2.75, 3.05) is 65.6 Å². The highest BCUT2D eigenvalue weighted by Crippen LogP contribution is 2.08. The molecule has 4 atom stereocenters. The van der Waals surface area contributed by atoms with Crippen molar-refractivity contribution < 1.29 is 43.8 Å². The van der Waals surface area contributed by atoms with Crippen LogP contribution in [-0.4, -0.2) is 146 Å². The molecule has 0 fully saturated rings. The van der Waals surface area contributed by atoms with Gasteiger partial charge in [-0.3, -0.25) is 33.6 Å². The van der Waals surface area contributed by atoms with Crippen LogP contribution < -0.4 is 54.8 Å². The molecule has 0 bridgehead atoms. The van der Waals surface area contributed by atoms with Gasteiger partial charge in [0.25, 0.3) is 0 Å². The maximum Gasteiger partial charge on any atom is 0.245 e. The van der Waals surface area contributed by atoms with Gasteiger partial charge in [0.15, 0.2) is 0 Å². The third kappa shape index (κ3) is 36.4. The van der Waals surface area contributed by atoms with E-state index in [0.29, 0.717) is 103 Å². The number of hydrogen-bond acceptors (Lipinski definition) is 13. The van der Waals surface area contributed by atoms with Gasteiger partial charge in [-0.05, 0) is 83.7 Å². The number of carbonyl (C=O) groups is 7. The van der Waals surface area contributed by atoms with E-state index in [0.717, 1.165) is 12.8 Å². The fraction of sp³-hybridized carbons (Fsp3) is 0.744. The quantitative estimate of drug-likeness (QED) is 0.0289. The fourth-order valence-corrected chi connectivity index (χ4v) is 6.08. The zero-order valence-corrected chi connectivity index (χ0v) is 42.8. The van der Waals surface area contributed by atoms with Crippen LogP contribution in [-0.2, 0) is 33.6 Å². The van der Waals surface area contributed by atoms with Gasteiger partial charge in [0, 0.05) is 52.1 Å². The summed E-state index contributed by atoms with van der Waals surface area (Å²) in [4.78, 5) is 92.7. The molecule has 0 aliphatic rings. The topological polar surface area (TPSA) is 339 Å². The number of rotatable bonds is 38. The van der Waals surface area contributed by atoms with E-state index < -0.39 is 72.8 Å². The third-order valence-electron chi connectivity index (χ3n) is 9.93. The second-order valence-electron chi connectivity index (χ2n) is 15.4. The molecule has 394 valence electrons. The SMILES string of the molecule is CC/C=C\CCC(=O)NCCCCN(CCCNC(=O)CC/C=C\CC)C(=O)C(CNC(=O)[C@H](CO)NC(=O)[C@@H](N)CCCCN)CNC(=O)[C@H](CO)NC(=O)[C@@H](N)CCCCN.Cl.Cl.Cl.Cl. The molecule has 7 amide bonds. The van der Waals surface area contributed by atoms with Gasteiger partial charge in [-0.2, -0.15) is 0 Å². The van der Waals surface area contributed by atoms with Crippen LogP contribution in [0.1, 0.15) is 110 Å². The van der Waals surface area contributed by atoms with Gasteiger partial charge >= 0.3 is 0 Å². The monoisotopic (exact) mass is 1040 g/mol. The molecule has 0 heterocycles. The van der Waals surface area contributed by atoms with E-state index in [1.807, 2.05) is 38.2 Å². The zero-order chi connectivity index (χ0) is 47.3. The van der Waals surface area contributed by atoms with Crippen molar-refractivity contribution in [1.82, 2.24) is 36.8 Å². The molecule has 0 radical (unpaired) electrons. The second-order valence-corrected chi connectivity index (χ2v) is 15.4.